The summed E-state index contributed by atoms with van der Waals surface area (Å²) in [4.78, 5) is 34.8. The smallest absolute Gasteiger partial charge is 0.265 e. The highest BCUT2D eigenvalue weighted by Gasteiger charge is 2.29. The van der Waals surface area contributed by atoms with E-state index in [0.29, 0.717) is 23.6 Å². The second-order valence-corrected chi connectivity index (χ2v) is 12.7. The predicted octanol–water partition coefficient (Wildman–Crippen LogP) is 6.88. The Balaban J connectivity index is 1.04. The Kier molecular flexibility index (Phi) is 9.36. The molecule has 4 aromatic carbocycles. The molecule has 0 aliphatic carbocycles. The number of rotatable bonds is 8. The van der Waals surface area contributed by atoms with Crippen molar-refractivity contribution < 1.29 is 9.59 Å². The maximum absolute atomic E-state index is 13.7. The van der Waals surface area contributed by atoms with Gasteiger partial charge in [0.25, 0.3) is 11.8 Å². The number of para-hydroxylation sites is 1. The lowest BCUT2D eigenvalue weighted by molar-refractivity contribution is -0.114. The summed E-state index contributed by atoms with van der Waals surface area (Å²) in [5.74, 6) is -0.118. The molecule has 224 valence electrons. The molecule has 0 spiro atoms. The van der Waals surface area contributed by atoms with Crippen LogP contribution in [0.1, 0.15) is 27.0 Å². The molecule has 44 heavy (non-hydrogen) atoms. The largest absolute Gasteiger partial charge is 0.369 e. The molecule has 2 amide bonds. The van der Waals surface area contributed by atoms with Crippen LogP contribution in [0.15, 0.2) is 107 Å². The van der Waals surface area contributed by atoms with Gasteiger partial charge < -0.3 is 15.1 Å². The molecule has 4 aromatic rings. The number of fused-ring (bicyclic) bond motifs is 1. The third-order valence-corrected chi connectivity index (χ3v) is 9.34. The fourth-order valence-corrected chi connectivity index (χ4v) is 6.75. The van der Waals surface area contributed by atoms with Gasteiger partial charge in [0, 0.05) is 60.4 Å². The number of nitrogens with zero attached hydrogens (tertiary/aromatic N) is 3. The Labute approximate surface area is 268 Å². The minimum atomic E-state index is -0.0944. The fourth-order valence-electron chi connectivity index (χ4n) is 5.51. The van der Waals surface area contributed by atoms with E-state index >= 15 is 0 Å². The molecule has 1 N–H and O–H groups in total. The third-order valence-electron chi connectivity index (χ3n) is 8.02. The van der Waals surface area contributed by atoms with Gasteiger partial charge in [-0.05, 0) is 66.6 Å². The summed E-state index contributed by atoms with van der Waals surface area (Å²) in [5.41, 5.74) is 5.84. The van der Waals surface area contributed by atoms with Crippen molar-refractivity contribution in [2.24, 2.45) is 0 Å². The molecule has 0 saturated carbocycles. The number of benzene rings is 4. The predicted molar refractivity (Wildman–Crippen MR) is 182 cm³/mol. The zero-order valence-electron chi connectivity index (χ0n) is 24.7. The maximum atomic E-state index is 13.7. The molecular formula is C36H35ClN4O2S. The van der Waals surface area contributed by atoms with Crippen molar-refractivity contribution in [2.75, 3.05) is 49.1 Å². The number of aryl methyl sites for hydroxylation is 1. The van der Waals surface area contributed by atoms with Crippen molar-refractivity contribution >= 4 is 52.6 Å². The van der Waals surface area contributed by atoms with Crippen LogP contribution >= 0.6 is 23.4 Å². The standard InChI is InChI=1S/C36H35ClN4O2S/c1-26-9-11-28(12-10-26)25-41-32-7-2-3-8-33(32)44-34(36(41)43)23-27-13-15-29(16-14-27)35(42)38-17-18-39-19-21-40(22-20-39)31-6-4-5-30(37)24-31/h2-16,23-24H,17-22,25H2,1H3,(H,38,42)/b34-23+. The summed E-state index contributed by atoms with van der Waals surface area (Å²) in [6, 6.07) is 31.7. The van der Waals surface area contributed by atoms with Crippen LogP contribution in [-0.4, -0.2) is 56.0 Å². The first-order valence-corrected chi connectivity index (χ1v) is 16.1. The first-order chi connectivity index (χ1) is 21.4. The van der Waals surface area contributed by atoms with Crippen molar-refractivity contribution in [2.45, 2.75) is 18.4 Å². The quantitative estimate of drug-likeness (QED) is 0.217. The zero-order chi connectivity index (χ0) is 30.5. The summed E-state index contributed by atoms with van der Waals surface area (Å²) in [7, 11) is 0. The topological polar surface area (TPSA) is 55.9 Å². The van der Waals surface area contributed by atoms with Gasteiger partial charge in [-0.15, -0.1) is 0 Å². The first kappa shape index (κ1) is 30.0. The molecule has 8 heteroatoms. The van der Waals surface area contributed by atoms with Gasteiger partial charge in [-0.1, -0.05) is 83.5 Å². The van der Waals surface area contributed by atoms with E-state index in [1.54, 1.807) is 0 Å². The van der Waals surface area contributed by atoms with E-state index in [0.717, 1.165) is 65.1 Å². The van der Waals surface area contributed by atoms with Crippen LogP contribution in [0.5, 0.6) is 0 Å². The van der Waals surface area contributed by atoms with Crippen molar-refractivity contribution in [3.63, 3.8) is 0 Å². The molecule has 6 rings (SSSR count). The first-order valence-electron chi connectivity index (χ1n) is 14.9. The van der Waals surface area contributed by atoms with Crippen LogP contribution in [0.4, 0.5) is 11.4 Å². The van der Waals surface area contributed by atoms with Crippen LogP contribution in [0.25, 0.3) is 6.08 Å². The lowest BCUT2D eigenvalue weighted by atomic mass is 10.1. The summed E-state index contributed by atoms with van der Waals surface area (Å²) in [6.45, 7) is 7.70. The fraction of sp³-hybridized carbons (Fsp3) is 0.222. The third kappa shape index (κ3) is 7.18. The van der Waals surface area contributed by atoms with E-state index in [2.05, 4.69) is 58.4 Å². The molecule has 0 unspecified atom stereocenters. The highest BCUT2D eigenvalue weighted by molar-refractivity contribution is 8.04. The van der Waals surface area contributed by atoms with E-state index in [-0.39, 0.29) is 11.8 Å². The second kappa shape index (κ2) is 13.7. The van der Waals surface area contributed by atoms with Crippen LogP contribution in [0.2, 0.25) is 5.02 Å². The average molecular weight is 623 g/mol. The van der Waals surface area contributed by atoms with Gasteiger partial charge >= 0.3 is 0 Å². The van der Waals surface area contributed by atoms with E-state index in [1.165, 1.54) is 17.3 Å². The van der Waals surface area contributed by atoms with Crippen molar-refractivity contribution in [3.8, 4) is 0 Å². The number of piperazine rings is 1. The van der Waals surface area contributed by atoms with E-state index in [1.807, 2.05) is 71.6 Å². The highest BCUT2D eigenvalue weighted by atomic mass is 35.5. The Morgan fingerprint density at radius 1 is 0.909 bits per heavy atom. The Hall–Kier alpha value is -4.04. The van der Waals surface area contributed by atoms with Gasteiger partial charge in [-0.2, -0.15) is 0 Å². The Morgan fingerprint density at radius 2 is 1.66 bits per heavy atom. The second-order valence-electron chi connectivity index (χ2n) is 11.1. The molecule has 2 heterocycles. The SMILES string of the molecule is Cc1ccc(CN2C(=O)/C(=C\c3ccc(C(=O)NCCN4CCN(c5cccc(Cl)c5)CC4)cc3)Sc3ccccc32)cc1. The number of carbonyl (C=O) groups excluding carboxylic acids is 2. The number of hydrogen-bond donors (Lipinski definition) is 1. The van der Waals surface area contributed by atoms with Crippen LogP contribution in [0.3, 0.4) is 0 Å². The minimum absolute atomic E-state index is 0.0236. The molecule has 1 saturated heterocycles. The number of hydrogen-bond acceptors (Lipinski definition) is 5. The van der Waals surface area contributed by atoms with Gasteiger partial charge in [0.15, 0.2) is 0 Å². The summed E-state index contributed by atoms with van der Waals surface area (Å²) < 4.78 is 0. The van der Waals surface area contributed by atoms with E-state index in [9.17, 15) is 9.59 Å². The van der Waals surface area contributed by atoms with E-state index < -0.39 is 0 Å². The van der Waals surface area contributed by atoms with Crippen LogP contribution in [0, 0.1) is 6.92 Å². The minimum Gasteiger partial charge on any atom is -0.369 e. The zero-order valence-corrected chi connectivity index (χ0v) is 26.3. The number of thioether (sulfide) groups is 1. The molecule has 0 atom stereocenters. The Bertz CT molecular complexity index is 1660. The number of carbonyl (C=O) groups is 2. The number of halogens is 1. The highest BCUT2D eigenvalue weighted by Crippen LogP contribution is 2.42. The maximum Gasteiger partial charge on any atom is 0.265 e. The molecular weight excluding hydrogens is 588 g/mol. The van der Waals surface area contributed by atoms with E-state index in [4.69, 9.17) is 11.6 Å². The van der Waals surface area contributed by atoms with Gasteiger partial charge in [0.2, 0.25) is 0 Å². The van der Waals surface area contributed by atoms with Gasteiger partial charge in [0.1, 0.15) is 0 Å². The van der Waals surface area contributed by atoms with Gasteiger partial charge in [-0.25, -0.2) is 0 Å². The molecule has 0 radical (unpaired) electrons. The summed E-state index contributed by atoms with van der Waals surface area (Å²) in [6.07, 6.45) is 1.91. The van der Waals surface area contributed by atoms with Crippen molar-refractivity contribution in [3.05, 3.63) is 129 Å². The normalized spacial score (nSPS) is 16.2. The van der Waals surface area contributed by atoms with Crippen molar-refractivity contribution in [1.29, 1.82) is 0 Å². The monoisotopic (exact) mass is 622 g/mol. The summed E-state index contributed by atoms with van der Waals surface area (Å²) >= 11 is 7.64. The molecule has 6 nitrogen and oxygen atoms in total. The molecule has 0 aromatic heterocycles. The number of amides is 2. The lowest BCUT2D eigenvalue weighted by Gasteiger charge is -2.36. The molecule has 2 aliphatic heterocycles. The molecule has 2 aliphatic rings. The van der Waals surface area contributed by atoms with Gasteiger partial charge in [-0.3, -0.25) is 14.5 Å². The van der Waals surface area contributed by atoms with Crippen LogP contribution in [-0.2, 0) is 11.3 Å². The number of anilines is 2. The number of nitrogens with one attached hydrogen (secondary N) is 1. The van der Waals surface area contributed by atoms with Crippen LogP contribution < -0.4 is 15.1 Å². The molecule has 1 fully saturated rings. The molecule has 0 bridgehead atoms. The summed E-state index contributed by atoms with van der Waals surface area (Å²) in [5, 5.41) is 3.81. The Morgan fingerprint density at radius 3 is 2.41 bits per heavy atom. The van der Waals surface area contributed by atoms with Gasteiger partial charge in [0.05, 0.1) is 17.1 Å². The van der Waals surface area contributed by atoms with Crippen molar-refractivity contribution in [1.82, 2.24) is 10.2 Å². The average Bonchev–Trinajstić information content (AvgIpc) is 3.04. The lowest BCUT2D eigenvalue weighted by Crippen LogP contribution is -2.48.